The first-order valence-electron chi connectivity index (χ1n) is 8.42. The van der Waals surface area contributed by atoms with Gasteiger partial charge in [-0.1, -0.05) is 20.3 Å². The van der Waals surface area contributed by atoms with Gasteiger partial charge in [0.2, 0.25) is 10.0 Å². The Labute approximate surface area is 138 Å². The van der Waals surface area contributed by atoms with E-state index >= 15 is 0 Å². The standard InChI is InChI=1S/C16H27N3O3S/c1-3-17(4-2)12-13-18-14-15(8-9-16(18)20)23(21,22)19-10-6-5-7-11-19/h8-9,14H,3-7,10-13H2,1-2H3. The van der Waals surface area contributed by atoms with Crippen LogP contribution in [-0.4, -0.2) is 54.9 Å². The van der Waals surface area contributed by atoms with E-state index in [2.05, 4.69) is 18.7 Å². The Kier molecular flexibility index (Phi) is 6.38. The number of aromatic nitrogens is 1. The summed E-state index contributed by atoms with van der Waals surface area (Å²) in [5.41, 5.74) is -0.158. The SMILES string of the molecule is CCN(CC)CCn1cc(S(=O)(=O)N2CCCCC2)ccc1=O. The summed E-state index contributed by atoms with van der Waals surface area (Å²) in [5.74, 6) is 0. The number of hydrogen-bond acceptors (Lipinski definition) is 4. The molecule has 0 spiro atoms. The highest BCUT2D eigenvalue weighted by Gasteiger charge is 2.26. The van der Waals surface area contributed by atoms with Crippen molar-refractivity contribution in [3.05, 3.63) is 28.7 Å². The van der Waals surface area contributed by atoms with E-state index in [1.54, 1.807) is 0 Å². The minimum Gasteiger partial charge on any atom is -0.313 e. The van der Waals surface area contributed by atoms with Crippen LogP contribution in [0.25, 0.3) is 0 Å². The third-order valence-electron chi connectivity index (χ3n) is 4.46. The van der Waals surface area contributed by atoms with Crippen LogP contribution in [0.3, 0.4) is 0 Å². The van der Waals surface area contributed by atoms with Gasteiger partial charge in [-0.2, -0.15) is 4.31 Å². The second-order valence-corrected chi connectivity index (χ2v) is 7.83. The van der Waals surface area contributed by atoms with Gasteiger partial charge in [-0.15, -0.1) is 0 Å². The Balaban J connectivity index is 2.20. The van der Waals surface area contributed by atoms with Crippen molar-refractivity contribution in [3.8, 4) is 0 Å². The van der Waals surface area contributed by atoms with E-state index in [-0.39, 0.29) is 10.5 Å². The van der Waals surface area contributed by atoms with Gasteiger partial charge >= 0.3 is 0 Å². The topological polar surface area (TPSA) is 62.6 Å². The molecule has 0 amide bonds. The molecule has 1 fully saturated rings. The average Bonchev–Trinajstić information content (AvgIpc) is 2.58. The molecule has 1 aliphatic rings. The number of sulfonamides is 1. The van der Waals surface area contributed by atoms with E-state index in [4.69, 9.17) is 0 Å². The van der Waals surface area contributed by atoms with Gasteiger partial charge in [0.05, 0.1) is 4.90 Å². The number of nitrogens with zero attached hydrogens (tertiary/aromatic N) is 3. The van der Waals surface area contributed by atoms with Gasteiger partial charge in [0.25, 0.3) is 5.56 Å². The molecule has 23 heavy (non-hydrogen) atoms. The Morgan fingerprint density at radius 2 is 1.74 bits per heavy atom. The predicted octanol–water partition coefficient (Wildman–Crippen LogP) is 1.36. The van der Waals surface area contributed by atoms with Crippen molar-refractivity contribution in [1.82, 2.24) is 13.8 Å². The van der Waals surface area contributed by atoms with Gasteiger partial charge in [-0.3, -0.25) is 4.79 Å². The van der Waals surface area contributed by atoms with E-state index in [1.807, 2.05) is 0 Å². The van der Waals surface area contributed by atoms with E-state index in [9.17, 15) is 13.2 Å². The number of likely N-dealkylation sites (N-methyl/N-ethyl adjacent to an activating group) is 1. The summed E-state index contributed by atoms with van der Waals surface area (Å²) in [4.78, 5) is 14.4. The predicted molar refractivity (Wildman–Crippen MR) is 91.1 cm³/mol. The molecule has 0 aromatic carbocycles. The van der Waals surface area contributed by atoms with Crippen LogP contribution in [0.1, 0.15) is 33.1 Å². The highest BCUT2D eigenvalue weighted by Crippen LogP contribution is 2.19. The van der Waals surface area contributed by atoms with Crippen LogP contribution in [-0.2, 0) is 16.6 Å². The Hall–Kier alpha value is -1.18. The first kappa shape index (κ1) is 18.2. The minimum absolute atomic E-state index is 0.158. The molecule has 0 atom stereocenters. The first-order chi connectivity index (χ1) is 11.0. The lowest BCUT2D eigenvalue weighted by Gasteiger charge is -2.26. The Morgan fingerprint density at radius 1 is 1.09 bits per heavy atom. The lowest BCUT2D eigenvalue weighted by atomic mass is 10.2. The molecule has 0 aliphatic carbocycles. The molecule has 2 heterocycles. The quantitative estimate of drug-likeness (QED) is 0.751. The van der Waals surface area contributed by atoms with Crippen molar-refractivity contribution < 1.29 is 8.42 Å². The van der Waals surface area contributed by atoms with Crippen LogP contribution in [0.2, 0.25) is 0 Å². The first-order valence-corrected chi connectivity index (χ1v) is 9.86. The van der Waals surface area contributed by atoms with Crippen molar-refractivity contribution in [1.29, 1.82) is 0 Å². The normalized spacial score (nSPS) is 16.8. The van der Waals surface area contributed by atoms with Gasteiger partial charge in [-0.25, -0.2) is 8.42 Å². The summed E-state index contributed by atoms with van der Waals surface area (Å²) in [6.07, 6.45) is 4.38. The fourth-order valence-corrected chi connectivity index (χ4v) is 4.42. The van der Waals surface area contributed by atoms with Crippen LogP contribution in [0, 0.1) is 0 Å². The molecule has 0 N–H and O–H groups in total. The monoisotopic (exact) mass is 341 g/mol. The minimum atomic E-state index is -3.49. The lowest BCUT2D eigenvalue weighted by molar-refractivity contribution is 0.288. The van der Waals surface area contributed by atoms with Gasteiger partial charge in [-0.05, 0) is 32.0 Å². The third kappa shape index (κ3) is 4.43. The summed E-state index contributed by atoms with van der Waals surface area (Å²) < 4.78 is 28.4. The maximum Gasteiger partial charge on any atom is 0.250 e. The van der Waals surface area contributed by atoms with Gasteiger partial charge in [0.1, 0.15) is 0 Å². The third-order valence-corrected chi connectivity index (χ3v) is 6.34. The number of hydrogen-bond donors (Lipinski definition) is 0. The maximum atomic E-state index is 12.7. The number of piperidine rings is 1. The lowest BCUT2D eigenvalue weighted by Crippen LogP contribution is -2.36. The van der Waals surface area contributed by atoms with Crippen LogP contribution in [0.5, 0.6) is 0 Å². The molecular formula is C16H27N3O3S. The van der Waals surface area contributed by atoms with Crippen molar-refractivity contribution in [2.24, 2.45) is 0 Å². The molecule has 0 unspecified atom stereocenters. The molecular weight excluding hydrogens is 314 g/mol. The van der Waals surface area contributed by atoms with E-state index in [1.165, 1.54) is 27.2 Å². The van der Waals surface area contributed by atoms with E-state index < -0.39 is 10.0 Å². The fourth-order valence-electron chi connectivity index (χ4n) is 2.88. The molecule has 0 saturated carbocycles. The van der Waals surface area contributed by atoms with Crippen LogP contribution in [0.15, 0.2) is 28.0 Å². The van der Waals surface area contributed by atoms with E-state index in [0.717, 1.165) is 38.9 Å². The zero-order valence-electron chi connectivity index (χ0n) is 14.1. The summed E-state index contributed by atoms with van der Waals surface area (Å²) >= 11 is 0. The summed E-state index contributed by atoms with van der Waals surface area (Å²) in [6.45, 7) is 8.35. The highest BCUT2D eigenvalue weighted by atomic mass is 32.2. The molecule has 0 radical (unpaired) electrons. The van der Waals surface area contributed by atoms with Crippen LogP contribution in [0.4, 0.5) is 0 Å². The van der Waals surface area contributed by atoms with E-state index in [0.29, 0.717) is 19.6 Å². The summed E-state index contributed by atoms with van der Waals surface area (Å²) in [5, 5.41) is 0. The second kappa shape index (κ2) is 8.08. The average molecular weight is 341 g/mol. The zero-order chi connectivity index (χ0) is 16.9. The smallest absolute Gasteiger partial charge is 0.250 e. The summed E-state index contributed by atoms with van der Waals surface area (Å²) in [7, 11) is -3.49. The molecule has 1 aliphatic heterocycles. The Bertz CT molecular complexity index is 659. The highest BCUT2D eigenvalue weighted by molar-refractivity contribution is 7.89. The van der Waals surface area contributed by atoms with Crippen LogP contribution >= 0.6 is 0 Å². The Morgan fingerprint density at radius 3 is 2.35 bits per heavy atom. The largest absolute Gasteiger partial charge is 0.313 e. The van der Waals surface area contributed by atoms with Gasteiger partial charge in [0.15, 0.2) is 0 Å². The van der Waals surface area contributed by atoms with Gasteiger partial charge in [0, 0.05) is 38.4 Å². The van der Waals surface area contributed by atoms with Crippen molar-refractivity contribution in [2.75, 3.05) is 32.7 Å². The molecule has 1 aromatic heterocycles. The maximum absolute atomic E-state index is 12.7. The molecule has 6 nitrogen and oxygen atoms in total. The molecule has 2 rings (SSSR count). The fraction of sp³-hybridized carbons (Fsp3) is 0.688. The van der Waals surface area contributed by atoms with Crippen molar-refractivity contribution in [3.63, 3.8) is 0 Å². The summed E-state index contributed by atoms with van der Waals surface area (Å²) in [6, 6.07) is 2.79. The second-order valence-electron chi connectivity index (χ2n) is 5.89. The number of rotatable bonds is 7. The molecule has 1 saturated heterocycles. The van der Waals surface area contributed by atoms with Crippen molar-refractivity contribution >= 4 is 10.0 Å². The molecule has 7 heteroatoms. The van der Waals surface area contributed by atoms with Gasteiger partial charge < -0.3 is 9.47 Å². The number of pyridine rings is 1. The molecule has 0 bridgehead atoms. The zero-order valence-corrected chi connectivity index (χ0v) is 14.9. The molecule has 130 valence electrons. The molecule has 1 aromatic rings. The van der Waals surface area contributed by atoms with Crippen molar-refractivity contribution in [2.45, 2.75) is 44.6 Å². The van der Waals surface area contributed by atoms with Crippen LogP contribution < -0.4 is 5.56 Å².